The number of ether oxygens (including phenoxy) is 1. The van der Waals surface area contributed by atoms with Crippen molar-refractivity contribution in [2.75, 3.05) is 60.9 Å². The van der Waals surface area contributed by atoms with Crippen LogP contribution >= 0.6 is 0 Å². The van der Waals surface area contributed by atoms with Gasteiger partial charge >= 0.3 is 6.18 Å². The van der Waals surface area contributed by atoms with E-state index in [9.17, 15) is 37.1 Å². The Bertz CT molecular complexity index is 2220. The molecule has 5 amide bonds. The SMILES string of the molecule is [C-]#[N+]c1ccc(N2CCC(C(=O)Nc3ccc(OC4CCN(CCC5CCN(c6ccc7c(c6)C(=O)N(C6CCC(=O)NC6=O)C7=O)CC5)CC4)cn3)CC2)cc1C(F)(F)F. The zero-order valence-electron chi connectivity index (χ0n) is 33.6. The largest absolute Gasteiger partial charge is 0.489 e. The van der Waals surface area contributed by atoms with Gasteiger partial charge in [0.1, 0.15) is 23.7 Å². The normalized spacial score (nSPS) is 21.0. The van der Waals surface area contributed by atoms with E-state index in [1.165, 1.54) is 12.1 Å². The molecule has 6 heterocycles. The Kier molecular flexibility index (Phi) is 12.0. The highest BCUT2D eigenvalue weighted by Crippen LogP contribution is 2.40. The molecule has 0 bridgehead atoms. The molecule has 17 heteroatoms. The molecule has 4 fully saturated rings. The van der Waals surface area contributed by atoms with E-state index >= 15 is 0 Å². The number of likely N-dealkylation sites (tertiary alicyclic amines) is 1. The van der Waals surface area contributed by atoms with E-state index in [-0.39, 0.29) is 36.3 Å². The quantitative estimate of drug-likeness (QED) is 0.183. The zero-order chi connectivity index (χ0) is 42.8. The van der Waals surface area contributed by atoms with Gasteiger partial charge in [0.25, 0.3) is 11.8 Å². The fraction of sp³-hybridized carbons (Fsp3) is 0.477. The van der Waals surface area contributed by atoms with Gasteiger partial charge in [-0.3, -0.25) is 34.2 Å². The number of aromatic nitrogens is 1. The molecular weight excluding hydrogens is 794 g/mol. The smallest absolute Gasteiger partial charge is 0.407 e. The van der Waals surface area contributed by atoms with Gasteiger partial charge in [0.05, 0.1) is 29.5 Å². The fourth-order valence-electron chi connectivity index (χ4n) is 9.14. The fourth-order valence-corrected chi connectivity index (χ4v) is 9.14. The van der Waals surface area contributed by atoms with Crippen LogP contribution in [0.1, 0.15) is 84.1 Å². The first-order chi connectivity index (χ1) is 29.3. The molecule has 0 aliphatic carbocycles. The molecule has 0 radical (unpaired) electrons. The predicted octanol–water partition coefficient (Wildman–Crippen LogP) is 6.06. The molecule has 0 spiro atoms. The van der Waals surface area contributed by atoms with Crippen LogP contribution in [0.4, 0.5) is 36.1 Å². The number of imide groups is 2. The summed E-state index contributed by atoms with van der Waals surface area (Å²) in [6.45, 7) is 12.4. The summed E-state index contributed by atoms with van der Waals surface area (Å²) in [5.74, 6) is -0.898. The number of nitrogens with zero attached hydrogens (tertiary/aromatic N) is 6. The van der Waals surface area contributed by atoms with Gasteiger partial charge < -0.3 is 24.8 Å². The van der Waals surface area contributed by atoms with Gasteiger partial charge in [-0.2, -0.15) is 13.2 Å². The number of carbonyl (C=O) groups excluding carboxylic acids is 5. The van der Waals surface area contributed by atoms with E-state index < -0.39 is 47.1 Å². The van der Waals surface area contributed by atoms with Gasteiger partial charge in [0, 0.05) is 63.0 Å². The Labute approximate surface area is 351 Å². The van der Waals surface area contributed by atoms with Crippen LogP contribution in [0.3, 0.4) is 0 Å². The van der Waals surface area contributed by atoms with Crippen molar-refractivity contribution >= 4 is 52.4 Å². The second-order valence-electron chi connectivity index (χ2n) is 16.5. The molecule has 1 aromatic heterocycles. The second kappa shape index (κ2) is 17.5. The molecule has 4 saturated heterocycles. The number of piperidine rings is 4. The molecule has 5 aliphatic rings. The maximum absolute atomic E-state index is 13.5. The summed E-state index contributed by atoms with van der Waals surface area (Å²) in [6, 6.07) is 11.6. The Morgan fingerprint density at radius 3 is 2.16 bits per heavy atom. The molecule has 0 saturated carbocycles. The molecular formula is C44H47F3N8O6. The summed E-state index contributed by atoms with van der Waals surface area (Å²) >= 11 is 0. The first-order valence-corrected chi connectivity index (χ1v) is 20.9. The van der Waals surface area contributed by atoms with Crippen LogP contribution in [0.25, 0.3) is 4.85 Å². The van der Waals surface area contributed by atoms with E-state index in [2.05, 4.69) is 30.3 Å². The maximum Gasteiger partial charge on any atom is 0.407 e. The molecule has 1 atom stereocenters. The molecule has 5 aliphatic heterocycles. The Balaban J connectivity index is 0.728. The molecule has 320 valence electrons. The van der Waals surface area contributed by atoms with Gasteiger partial charge in [-0.05, 0) is 106 Å². The molecule has 3 aromatic rings. The number of hydrogen-bond donors (Lipinski definition) is 2. The highest BCUT2D eigenvalue weighted by atomic mass is 19.4. The summed E-state index contributed by atoms with van der Waals surface area (Å²) in [5.41, 5.74) is 0.465. The van der Waals surface area contributed by atoms with Crippen LogP contribution in [0.15, 0.2) is 54.7 Å². The third kappa shape index (κ3) is 9.19. The lowest BCUT2D eigenvalue weighted by atomic mass is 9.92. The van der Waals surface area contributed by atoms with Crippen LogP contribution in [0.2, 0.25) is 0 Å². The molecule has 2 aromatic carbocycles. The van der Waals surface area contributed by atoms with Crippen molar-refractivity contribution in [3.05, 3.63) is 82.8 Å². The van der Waals surface area contributed by atoms with Crippen molar-refractivity contribution in [3.63, 3.8) is 0 Å². The topological polar surface area (TPSA) is 149 Å². The van der Waals surface area contributed by atoms with Crippen LogP contribution in [-0.4, -0.2) is 102 Å². The van der Waals surface area contributed by atoms with E-state index in [1.807, 2.05) is 11.0 Å². The number of nitrogens with one attached hydrogen (secondary N) is 2. The van der Waals surface area contributed by atoms with Crippen LogP contribution in [0, 0.1) is 18.4 Å². The second-order valence-corrected chi connectivity index (χ2v) is 16.5. The number of halogens is 3. The Morgan fingerprint density at radius 2 is 1.51 bits per heavy atom. The van der Waals surface area contributed by atoms with E-state index in [1.54, 1.807) is 30.5 Å². The zero-order valence-corrected chi connectivity index (χ0v) is 33.6. The summed E-state index contributed by atoms with van der Waals surface area (Å²) < 4.78 is 46.6. The van der Waals surface area contributed by atoms with Crippen molar-refractivity contribution in [3.8, 4) is 5.75 Å². The number of hydrogen-bond acceptors (Lipinski definition) is 10. The van der Waals surface area contributed by atoms with Gasteiger partial charge in [0.2, 0.25) is 17.7 Å². The number of amides is 5. The Hall–Kier alpha value is -6.02. The predicted molar refractivity (Wildman–Crippen MR) is 218 cm³/mol. The van der Waals surface area contributed by atoms with Crippen molar-refractivity contribution in [2.24, 2.45) is 11.8 Å². The van der Waals surface area contributed by atoms with Crippen LogP contribution in [0.5, 0.6) is 5.75 Å². The lowest BCUT2D eigenvalue weighted by molar-refractivity contribution is -0.137. The lowest BCUT2D eigenvalue weighted by Gasteiger charge is -2.36. The third-order valence-corrected chi connectivity index (χ3v) is 12.7. The monoisotopic (exact) mass is 840 g/mol. The molecule has 8 rings (SSSR count). The minimum atomic E-state index is -4.62. The minimum Gasteiger partial charge on any atom is -0.489 e. The van der Waals surface area contributed by atoms with Crippen LogP contribution in [-0.2, 0) is 20.6 Å². The first kappa shape index (κ1) is 41.7. The lowest BCUT2D eigenvalue weighted by Crippen LogP contribution is -2.54. The van der Waals surface area contributed by atoms with Gasteiger partial charge in [-0.1, -0.05) is 6.07 Å². The number of carbonyl (C=O) groups is 5. The van der Waals surface area contributed by atoms with E-state index in [4.69, 9.17) is 11.3 Å². The highest BCUT2D eigenvalue weighted by molar-refractivity contribution is 6.23. The number of fused-ring (bicyclic) bond motifs is 1. The number of alkyl halides is 3. The van der Waals surface area contributed by atoms with E-state index in [0.29, 0.717) is 54.7 Å². The summed E-state index contributed by atoms with van der Waals surface area (Å²) in [4.78, 5) is 78.4. The molecule has 1 unspecified atom stereocenters. The molecule has 61 heavy (non-hydrogen) atoms. The average molecular weight is 841 g/mol. The Morgan fingerprint density at radius 1 is 0.836 bits per heavy atom. The van der Waals surface area contributed by atoms with Crippen molar-refractivity contribution in [1.82, 2.24) is 20.1 Å². The standard InChI is InChI=1S/C44H47F3N8O6/c1-48-36-6-3-30(25-35(36)44(45,46)47)54-22-13-28(14-23-54)40(57)50-38-8-4-32(26-49-38)61-31-15-18-52(19-16-31)17-10-27-11-20-53(21-12-27)29-2-5-33-34(24-29)43(60)55(42(33)59)37-7-9-39(56)51-41(37)58/h2-6,8,24-28,31,37H,7,9-23H2,(H,49,50,57)(H,51,56,58). The number of anilines is 3. The number of pyridine rings is 1. The summed E-state index contributed by atoms with van der Waals surface area (Å²) in [6.07, 6.45) is 3.09. The van der Waals surface area contributed by atoms with E-state index in [0.717, 1.165) is 81.5 Å². The highest BCUT2D eigenvalue weighted by Gasteiger charge is 2.45. The third-order valence-electron chi connectivity index (χ3n) is 12.7. The van der Waals surface area contributed by atoms with Crippen molar-refractivity contribution < 1.29 is 41.9 Å². The van der Waals surface area contributed by atoms with Gasteiger partial charge in [-0.15, -0.1) is 0 Å². The van der Waals surface area contributed by atoms with Crippen molar-refractivity contribution in [2.45, 2.75) is 76.1 Å². The maximum atomic E-state index is 13.5. The first-order valence-electron chi connectivity index (χ1n) is 20.9. The molecule has 14 nitrogen and oxygen atoms in total. The van der Waals surface area contributed by atoms with Gasteiger partial charge in [-0.25, -0.2) is 9.83 Å². The average Bonchev–Trinajstić information content (AvgIpc) is 3.51. The van der Waals surface area contributed by atoms with Gasteiger partial charge in [0.15, 0.2) is 5.69 Å². The minimum absolute atomic E-state index is 0.0577. The van der Waals surface area contributed by atoms with Crippen LogP contribution < -0.4 is 25.2 Å². The number of benzene rings is 2. The number of rotatable bonds is 10. The van der Waals surface area contributed by atoms with Crippen molar-refractivity contribution in [1.29, 1.82) is 0 Å². The summed E-state index contributed by atoms with van der Waals surface area (Å²) in [7, 11) is 0. The molecule has 2 N–H and O–H groups in total. The summed E-state index contributed by atoms with van der Waals surface area (Å²) in [5, 5.41) is 5.10.